The maximum Gasteiger partial charge on any atom is 0.294 e. The summed E-state index contributed by atoms with van der Waals surface area (Å²) in [5, 5.41) is 0.990. The van der Waals surface area contributed by atoms with Crippen molar-refractivity contribution in [2.24, 2.45) is 0 Å². The maximum absolute atomic E-state index is 13.3. The number of aromatic nitrogens is 2. The van der Waals surface area contributed by atoms with Gasteiger partial charge in [0.1, 0.15) is 0 Å². The number of benzene rings is 1. The van der Waals surface area contributed by atoms with E-state index in [2.05, 4.69) is 0 Å². The molecule has 1 aliphatic rings. The van der Waals surface area contributed by atoms with E-state index in [-0.39, 0.29) is 25.1 Å². The van der Waals surface area contributed by atoms with Gasteiger partial charge in [0.15, 0.2) is 11.9 Å². The third kappa shape index (κ3) is 2.86. The molecule has 0 N–H and O–H groups in total. The van der Waals surface area contributed by atoms with Crippen molar-refractivity contribution in [2.45, 2.75) is 32.1 Å². The predicted molar refractivity (Wildman–Crippen MR) is 106 cm³/mol. The number of hydrogen-bond acceptors (Lipinski definition) is 6. The zero-order chi connectivity index (χ0) is 20.6. The summed E-state index contributed by atoms with van der Waals surface area (Å²) in [6.07, 6.45) is 0.753. The Labute approximate surface area is 166 Å². The number of rotatable bonds is 7. The molecule has 3 heterocycles. The number of nitrogens with zero attached hydrogens (tertiary/aromatic N) is 2. The molecule has 29 heavy (non-hydrogen) atoms. The lowest BCUT2D eigenvalue weighted by atomic mass is 9.88. The molecule has 1 atom stereocenters. The van der Waals surface area contributed by atoms with Gasteiger partial charge in [-0.1, -0.05) is 25.1 Å². The van der Waals surface area contributed by atoms with Gasteiger partial charge in [-0.2, -0.15) is 0 Å². The Morgan fingerprint density at radius 2 is 2.03 bits per heavy atom. The van der Waals surface area contributed by atoms with Crippen LogP contribution in [0.4, 0.5) is 0 Å². The first-order valence-corrected chi connectivity index (χ1v) is 9.31. The fourth-order valence-corrected chi connectivity index (χ4v) is 3.97. The second-order valence-electron chi connectivity index (χ2n) is 7.01. The van der Waals surface area contributed by atoms with E-state index in [9.17, 15) is 14.4 Å². The van der Waals surface area contributed by atoms with Gasteiger partial charge in [-0.3, -0.25) is 14.4 Å². The molecule has 0 amide bonds. The number of pyridine rings is 2. The number of ether oxygens (including phenoxy) is 2. The molecule has 7 heteroatoms. The maximum atomic E-state index is 13.3. The first-order chi connectivity index (χ1) is 14.1. The molecule has 1 unspecified atom stereocenters. The predicted octanol–water partition coefficient (Wildman–Crippen LogP) is 2.55. The van der Waals surface area contributed by atoms with Gasteiger partial charge in [-0.15, -0.1) is 0 Å². The summed E-state index contributed by atoms with van der Waals surface area (Å²) in [7, 11) is 1.47. The van der Waals surface area contributed by atoms with E-state index in [1.807, 2.05) is 30.3 Å². The smallest absolute Gasteiger partial charge is 0.294 e. The molecule has 0 fully saturated rings. The van der Waals surface area contributed by atoms with Crippen molar-refractivity contribution < 1.29 is 19.1 Å². The molecule has 7 nitrogen and oxygen atoms in total. The Bertz CT molecular complexity index is 1180. The Morgan fingerprint density at radius 1 is 1.24 bits per heavy atom. The van der Waals surface area contributed by atoms with E-state index in [1.165, 1.54) is 7.11 Å². The highest BCUT2D eigenvalue weighted by molar-refractivity contribution is 5.84. The van der Waals surface area contributed by atoms with E-state index in [0.29, 0.717) is 35.3 Å². The van der Waals surface area contributed by atoms with E-state index < -0.39 is 5.60 Å². The van der Waals surface area contributed by atoms with Crippen molar-refractivity contribution in [1.29, 1.82) is 0 Å². The summed E-state index contributed by atoms with van der Waals surface area (Å²) >= 11 is 0. The zero-order valence-corrected chi connectivity index (χ0v) is 16.2. The molecule has 0 radical (unpaired) electrons. The molecule has 0 bridgehead atoms. The molecule has 3 aromatic rings. The van der Waals surface area contributed by atoms with Gasteiger partial charge in [0, 0.05) is 23.6 Å². The lowest BCUT2D eigenvalue weighted by molar-refractivity contribution is -0.151. The van der Waals surface area contributed by atoms with Crippen LogP contribution in [0.15, 0.2) is 41.2 Å². The van der Waals surface area contributed by atoms with Crippen LogP contribution in [0.1, 0.15) is 30.0 Å². The van der Waals surface area contributed by atoms with Crippen LogP contribution >= 0.6 is 0 Å². The molecule has 0 saturated carbocycles. The van der Waals surface area contributed by atoms with Gasteiger partial charge in [0.25, 0.3) is 12.0 Å². The summed E-state index contributed by atoms with van der Waals surface area (Å²) in [6, 6.07) is 11.5. The minimum Gasteiger partial charge on any atom is -0.449 e. The van der Waals surface area contributed by atoms with Crippen LogP contribution in [0.5, 0.6) is 0 Å². The van der Waals surface area contributed by atoms with Gasteiger partial charge in [-0.25, -0.2) is 4.98 Å². The second kappa shape index (κ2) is 7.25. The number of aldehydes is 1. The van der Waals surface area contributed by atoms with Crippen LogP contribution in [-0.2, 0) is 37.8 Å². The lowest BCUT2D eigenvalue weighted by Crippen LogP contribution is -2.36. The summed E-state index contributed by atoms with van der Waals surface area (Å²) in [4.78, 5) is 41.2. The standard InChI is InChI=1S/C22H20N2O5/c1-3-22(12-25,29-13-26)17-9-19-20-15(8-14-6-4-5-7-18(14)23-20)10-24(19)21(27)16(17)11-28-2/h4-9,12-13H,3,10-11H2,1-2H3. The number of carbonyl (C=O) groups excluding carboxylic acids is 2. The van der Waals surface area contributed by atoms with Gasteiger partial charge in [0.2, 0.25) is 0 Å². The molecule has 1 aliphatic heterocycles. The monoisotopic (exact) mass is 392 g/mol. The van der Waals surface area contributed by atoms with Crippen molar-refractivity contribution >= 4 is 23.7 Å². The van der Waals surface area contributed by atoms with Crippen molar-refractivity contribution in [3.05, 3.63) is 63.4 Å². The lowest BCUT2D eigenvalue weighted by Gasteiger charge is -2.28. The normalized spacial score (nSPS) is 14.1. The van der Waals surface area contributed by atoms with Gasteiger partial charge in [0.05, 0.1) is 35.6 Å². The fraction of sp³-hybridized carbons (Fsp3) is 0.273. The van der Waals surface area contributed by atoms with Gasteiger partial charge >= 0.3 is 0 Å². The highest BCUT2D eigenvalue weighted by Gasteiger charge is 2.38. The van der Waals surface area contributed by atoms with Gasteiger partial charge < -0.3 is 14.0 Å². The second-order valence-corrected chi connectivity index (χ2v) is 7.01. The van der Waals surface area contributed by atoms with Crippen LogP contribution in [0.25, 0.3) is 22.3 Å². The zero-order valence-electron chi connectivity index (χ0n) is 16.2. The van der Waals surface area contributed by atoms with E-state index in [0.717, 1.165) is 16.5 Å². The fourth-order valence-electron chi connectivity index (χ4n) is 3.97. The topological polar surface area (TPSA) is 87.5 Å². The summed E-state index contributed by atoms with van der Waals surface area (Å²) < 4.78 is 12.0. The third-order valence-electron chi connectivity index (χ3n) is 5.49. The molecule has 0 spiro atoms. The molecule has 4 rings (SSSR count). The molecule has 0 aliphatic carbocycles. The highest BCUT2D eigenvalue weighted by atomic mass is 16.5. The van der Waals surface area contributed by atoms with Crippen LogP contribution < -0.4 is 5.56 Å². The third-order valence-corrected chi connectivity index (χ3v) is 5.49. The average molecular weight is 392 g/mol. The quantitative estimate of drug-likeness (QED) is 0.449. The van der Waals surface area contributed by atoms with Gasteiger partial charge in [-0.05, 0) is 24.6 Å². The molecular formula is C22H20N2O5. The SMILES string of the molecule is CCC(C=O)(OC=O)c1cc2n(c(=O)c1COC)Cc1cc3ccccc3nc1-2. The molecular weight excluding hydrogens is 372 g/mol. The summed E-state index contributed by atoms with van der Waals surface area (Å²) in [5.74, 6) is 0. The number of methoxy groups -OCH3 is 1. The average Bonchev–Trinajstić information content (AvgIpc) is 3.10. The number of fused-ring (bicyclic) bond motifs is 4. The summed E-state index contributed by atoms with van der Waals surface area (Å²) in [6.45, 7) is 2.34. The Kier molecular flexibility index (Phi) is 4.76. The molecule has 2 aromatic heterocycles. The van der Waals surface area contributed by atoms with Crippen LogP contribution in [0, 0.1) is 0 Å². The molecule has 148 valence electrons. The van der Waals surface area contributed by atoms with Crippen molar-refractivity contribution in [3.63, 3.8) is 0 Å². The molecule has 0 saturated heterocycles. The van der Waals surface area contributed by atoms with Crippen LogP contribution in [0.2, 0.25) is 0 Å². The van der Waals surface area contributed by atoms with E-state index in [1.54, 1.807) is 17.6 Å². The molecule has 1 aromatic carbocycles. The Balaban J connectivity index is 2.02. The number of hydrogen-bond donors (Lipinski definition) is 0. The van der Waals surface area contributed by atoms with E-state index >= 15 is 0 Å². The first kappa shape index (κ1) is 19.0. The number of para-hydroxylation sites is 1. The largest absolute Gasteiger partial charge is 0.449 e. The van der Waals surface area contributed by atoms with E-state index in [4.69, 9.17) is 14.5 Å². The first-order valence-electron chi connectivity index (χ1n) is 9.31. The van der Waals surface area contributed by atoms with Crippen molar-refractivity contribution in [3.8, 4) is 11.4 Å². The number of carbonyl (C=O) groups is 2. The minimum atomic E-state index is -1.55. The minimum absolute atomic E-state index is 0.00198. The summed E-state index contributed by atoms with van der Waals surface area (Å²) in [5.41, 5.74) is 1.82. The van der Waals surface area contributed by atoms with Crippen molar-refractivity contribution in [2.75, 3.05) is 7.11 Å². The highest BCUT2D eigenvalue weighted by Crippen LogP contribution is 2.36. The van der Waals surface area contributed by atoms with Crippen LogP contribution in [-0.4, -0.2) is 29.4 Å². The van der Waals surface area contributed by atoms with Crippen LogP contribution in [0.3, 0.4) is 0 Å². The Morgan fingerprint density at radius 3 is 2.72 bits per heavy atom. The Hall–Kier alpha value is -3.32. The van der Waals surface area contributed by atoms with Crippen molar-refractivity contribution in [1.82, 2.24) is 9.55 Å².